The van der Waals surface area contributed by atoms with Crippen molar-refractivity contribution in [1.82, 2.24) is 15.5 Å². The molecule has 0 unspecified atom stereocenters. The number of nitrogens with one attached hydrogen (secondary N) is 1. The molecule has 0 aromatic carbocycles. The predicted octanol–water partition coefficient (Wildman–Crippen LogP) is 0.927. The second-order valence-electron chi connectivity index (χ2n) is 4.42. The van der Waals surface area contributed by atoms with Crippen molar-refractivity contribution >= 4 is 5.91 Å². The Kier molecular flexibility index (Phi) is 4.69. The van der Waals surface area contributed by atoms with Crippen LogP contribution in [0.4, 0.5) is 0 Å². The highest BCUT2D eigenvalue weighted by Gasteiger charge is 2.12. The summed E-state index contributed by atoms with van der Waals surface area (Å²) in [6.45, 7) is 4.29. The molecule has 21 heavy (non-hydrogen) atoms. The third kappa shape index (κ3) is 3.68. The highest BCUT2D eigenvalue weighted by atomic mass is 16.5. The van der Waals surface area contributed by atoms with Gasteiger partial charge in [-0.1, -0.05) is 17.0 Å². The Morgan fingerprint density at radius 2 is 2.24 bits per heavy atom. The summed E-state index contributed by atoms with van der Waals surface area (Å²) in [4.78, 5) is 16.1. The zero-order valence-electron chi connectivity index (χ0n) is 11.9. The molecular weight excluding hydrogens is 268 g/mol. The first-order valence-corrected chi connectivity index (χ1v) is 6.46. The molecule has 1 amide bonds. The Balaban J connectivity index is 2.00. The van der Waals surface area contributed by atoms with E-state index in [-0.39, 0.29) is 5.91 Å². The molecule has 0 saturated carbocycles. The average molecular weight is 284 g/mol. The molecule has 0 spiro atoms. The minimum atomic E-state index is -0.256. The highest BCUT2D eigenvalue weighted by Crippen LogP contribution is 2.11. The summed E-state index contributed by atoms with van der Waals surface area (Å²) in [7, 11) is 0. The Labute approximate surface area is 122 Å². The zero-order valence-corrected chi connectivity index (χ0v) is 11.9. The standard InChI is InChI=1S/C15H16N4O2/c1-10-13(11(2)21-19-10)9-18-15(20)14-6-5-12(8-17-14)4-3-7-16/h5-6,8H,7,9,16H2,1-2H3,(H,18,20). The summed E-state index contributed by atoms with van der Waals surface area (Å²) < 4.78 is 5.04. The minimum Gasteiger partial charge on any atom is -0.361 e. The van der Waals surface area contributed by atoms with Gasteiger partial charge in [0.15, 0.2) is 0 Å². The lowest BCUT2D eigenvalue weighted by Crippen LogP contribution is -2.24. The molecule has 0 bridgehead atoms. The van der Waals surface area contributed by atoms with Gasteiger partial charge in [-0.3, -0.25) is 4.79 Å². The van der Waals surface area contributed by atoms with E-state index >= 15 is 0 Å². The van der Waals surface area contributed by atoms with Crippen LogP contribution in [0.15, 0.2) is 22.9 Å². The minimum absolute atomic E-state index is 0.256. The van der Waals surface area contributed by atoms with Crippen molar-refractivity contribution in [3.63, 3.8) is 0 Å². The lowest BCUT2D eigenvalue weighted by atomic mass is 10.2. The van der Waals surface area contributed by atoms with Gasteiger partial charge in [0, 0.05) is 23.9 Å². The van der Waals surface area contributed by atoms with Gasteiger partial charge in [0.1, 0.15) is 11.5 Å². The number of aromatic nitrogens is 2. The number of hydrogen-bond acceptors (Lipinski definition) is 5. The molecule has 6 heteroatoms. The molecule has 0 aliphatic carbocycles. The van der Waals surface area contributed by atoms with E-state index in [1.165, 1.54) is 0 Å². The van der Waals surface area contributed by atoms with Crippen LogP contribution in [0.5, 0.6) is 0 Å². The van der Waals surface area contributed by atoms with Crippen molar-refractivity contribution < 1.29 is 9.32 Å². The van der Waals surface area contributed by atoms with Crippen molar-refractivity contribution in [2.75, 3.05) is 6.54 Å². The molecule has 2 rings (SSSR count). The summed E-state index contributed by atoms with van der Waals surface area (Å²) in [5, 5.41) is 6.63. The molecule has 0 fully saturated rings. The number of carbonyl (C=O) groups is 1. The van der Waals surface area contributed by atoms with Crippen molar-refractivity contribution in [3.8, 4) is 11.8 Å². The van der Waals surface area contributed by atoms with E-state index in [9.17, 15) is 4.79 Å². The van der Waals surface area contributed by atoms with Crippen molar-refractivity contribution in [2.45, 2.75) is 20.4 Å². The van der Waals surface area contributed by atoms with E-state index < -0.39 is 0 Å². The van der Waals surface area contributed by atoms with Crippen LogP contribution < -0.4 is 11.1 Å². The van der Waals surface area contributed by atoms with Crippen molar-refractivity contribution in [2.24, 2.45) is 5.73 Å². The van der Waals surface area contributed by atoms with Crippen LogP contribution in [0.2, 0.25) is 0 Å². The molecule has 0 aliphatic heterocycles. The van der Waals surface area contributed by atoms with E-state index in [4.69, 9.17) is 10.3 Å². The van der Waals surface area contributed by atoms with E-state index in [2.05, 4.69) is 27.3 Å². The number of hydrogen-bond donors (Lipinski definition) is 2. The summed E-state index contributed by atoms with van der Waals surface area (Å²) in [6.07, 6.45) is 1.55. The van der Waals surface area contributed by atoms with Crippen molar-refractivity contribution in [3.05, 3.63) is 46.6 Å². The normalized spacial score (nSPS) is 9.86. The van der Waals surface area contributed by atoms with E-state index in [0.717, 1.165) is 16.8 Å². The van der Waals surface area contributed by atoms with Gasteiger partial charge < -0.3 is 15.6 Å². The number of amides is 1. The number of aryl methyl sites for hydroxylation is 2. The topological polar surface area (TPSA) is 94.0 Å². The molecule has 2 aromatic rings. The molecule has 0 atom stereocenters. The second kappa shape index (κ2) is 6.68. The maximum Gasteiger partial charge on any atom is 0.270 e. The maximum absolute atomic E-state index is 12.0. The fraction of sp³-hybridized carbons (Fsp3) is 0.267. The number of carbonyl (C=O) groups excluding carboxylic acids is 1. The third-order valence-corrected chi connectivity index (χ3v) is 2.94. The molecule has 3 N–H and O–H groups in total. The summed E-state index contributed by atoms with van der Waals surface area (Å²) in [6, 6.07) is 3.36. The molecule has 2 aromatic heterocycles. The molecule has 0 radical (unpaired) electrons. The van der Waals surface area contributed by atoms with Gasteiger partial charge in [-0.15, -0.1) is 0 Å². The maximum atomic E-state index is 12.0. The van der Waals surface area contributed by atoms with E-state index in [0.29, 0.717) is 24.5 Å². The van der Waals surface area contributed by atoms with Crippen LogP contribution >= 0.6 is 0 Å². The molecule has 108 valence electrons. The summed E-state index contributed by atoms with van der Waals surface area (Å²) in [5.41, 5.74) is 8.01. The monoisotopic (exact) mass is 284 g/mol. The lowest BCUT2D eigenvalue weighted by Gasteiger charge is -2.04. The lowest BCUT2D eigenvalue weighted by molar-refractivity contribution is 0.0946. The van der Waals surface area contributed by atoms with Gasteiger partial charge in [-0.2, -0.15) is 0 Å². The van der Waals surface area contributed by atoms with Gasteiger partial charge in [0.05, 0.1) is 12.2 Å². The Morgan fingerprint density at radius 3 is 2.81 bits per heavy atom. The Morgan fingerprint density at radius 1 is 1.43 bits per heavy atom. The van der Waals surface area contributed by atoms with E-state index in [1.807, 2.05) is 13.8 Å². The fourth-order valence-electron chi connectivity index (χ4n) is 1.77. The highest BCUT2D eigenvalue weighted by molar-refractivity contribution is 5.92. The summed E-state index contributed by atoms with van der Waals surface area (Å²) in [5.74, 6) is 6.02. The van der Waals surface area contributed by atoms with Crippen molar-refractivity contribution in [1.29, 1.82) is 0 Å². The van der Waals surface area contributed by atoms with Gasteiger partial charge >= 0.3 is 0 Å². The number of nitrogens with zero attached hydrogens (tertiary/aromatic N) is 2. The Hall–Kier alpha value is -2.65. The van der Waals surface area contributed by atoms with Crippen LogP contribution in [-0.2, 0) is 6.54 Å². The third-order valence-electron chi connectivity index (χ3n) is 2.94. The molecule has 6 nitrogen and oxygen atoms in total. The smallest absolute Gasteiger partial charge is 0.270 e. The summed E-state index contributed by atoms with van der Waals surface area (Å²) >= 11 is 0. The van der Waals surface area contributed by atoms with Crippen LogP contribution in [-0.4, -0.2) is 22.6 Å². The van der Waals surface area contributed by atoms with Crippen LogP contribution in [0, 0.1) is 25.7 Å². The van der Waals surface area contributed by atoms with E-state index in [1.54, 1.807) is 18.3 Å². The number of rotatable bonds is 3. The number of pyridine rings is 1. The second-order valence-corrected chi connectivity index (χ2v) is 4.42. The quantitative estimate of drug-likeness (QED) is 0.818. The molecule has 0 saturated heterocycles. The Bertz CT molecular complexity index is 673. The van der Waals surface area contributed by atoms with Crippen LogP contribution in [0.1, 0.15) is 33.1 Å². The molecular formula is C15H16N4O2. The van der Waals surface area contributed by atoms with Gasteiger partial charge in [-0.25, -0.2) is 4.98 Å². The first-order chi connectivity index (χ1) is 10.1. The first kappa shape index (κ1) is 14.8. The van der Waals surface area contributed by atoms with Crippen LogP contribution in [0.25, 0.3) is 0 Å². The fourth-order valence-corrected chi connectivity index (χ4v) is 1.77. The average Bonchev–Trinajstić information content (AvgIpc) is 2.82. The van der Waals surface area contributed by atoms with Gasteiger partial charge in [0.25, 0.3) is 5.91 Å². The SMILES string of the molecule is Cc1noc(C)c1CNC(=O)c1ccc(C#CCN)cn1. The predicted molar refractivity (Wildman–Crippen MR) is 77.3 cm³/mol. The van der Waals surface area contributed by atoms with Crippen LogP contribution in [0.3, 0.4) is 0 Å². The largest absolute Gasteiger partial charge is 0.361 e. The molecule has 2 heterocycles. The van der Waals surface area contributed by atoms with Gasteiger partial charge in [0.2, 0.25) is 0 Å². The zero-order chi connectivity index (χ0) is 15.2. The van der Waals surface area contributed by atoms with Gasteiger partial charge in [-0.05, 0) is 26.0 Å². The molecule has 0 aliphatic rings. The number of nitrogens with two attached hydrogens (primary N) is 1. The first-order valence-electron chi connectivity index (χ1n) is 6.46.